The van der Waals surface area contributed by atoms with Gasteiger partial charge in [-0.15, -0.1) is 0 Å². The number of fused-ring (bicyclic) bond motifs is 3. The molecule has 0 fully saturated rings. The molecular weight excluding hydrogens is 645 g/mol. The average molecular weight is 683 g/mol. The highest BCUT2D eigenvalue weighted by atomic mass is 14.9. The SMILES string of the molecule is c1ccc(Nc2cc(Nc3ccccc3)cc(-c3cccc4c3C(c3cc(Nc5ccccc5)cc(Nc5ccccc5)c3)c3ccccc3-4)c2)cc1. The van der Waals surface area contributed by atoms with Gasteiger partial charge in [-0.2, -0.15) is 0 Å². The van der Waals surface area contributed by atoms with E-state index in [0.29, 0.717) is 0 Å². The van der Waals surface area contributed by atoms with Gasteiger partial charge >= 0.3 is 0 Å². The van der Waals surface area contributed by atoms with Gasteiger partial charge in [0.05, 0.1) is 0 Å². The van der Waals surface area contributed by atoms with Gasteiger partial charge in [0.25, 0.3) is 0 Å². The molecule has 53 heavy (non-hydrogen) atoms. The molecule has 1 unspecified atom stereocenters. The van der Waals surface area contributed by atoms with E-state index in [-0.39, 0.29) is 5.92 Å². The Kier molecular flexibility index (Phi) is 8.61. The Balaban J connectivity index is 1.21. The van der Waals surface area contributed by atoms with E-state index in [2.05, 4.69) is 197 Å². The third-order valence-corrected chi connectivity index (χ3v) is 9.74. The summed E-state index contributed by atoms with van der Waals surface area (Å²) in [7, 11) is 0. The Hall–Kier alpha value is -7.04. The minimum absolute atomic E-state index is 0.00233. The number of anilines is 8. The van der Waals surface area contributed by atoms with Crippen molar-refractivity contribution < 1.29 is 0 Å². The molecule has 4 N–H and O–H groups in total. The van der Waals surface area contributed by atoms with Crippen molar-refractivity contribution in [3.63, 3.8) is 0 Å². The van der Waals surface area contributed by atoms with Crippen molar-refractivity contribution >= 4 is 45.5 Å². The third kappa shape index (κ3) is 6.86. The number of benzene rings is 8. The van der Waals surface area contributed by atoms with Gasteiger partial charge < -0.3 is 21.3 Å². The summed E-state index contributed by atoms with van der Waals surface area (Å²) >= 11 is 0. The molecule has 4 nitrogen and oxygen atoms in total. The van der Waals surface area contributed by atoms with E-state index in [9.17, 15) is 0 Å². The van der Waals surface area contributed by atoms with Crippen molar-refractivity contribution in [3.05, 3.63) is 217 Å². The fourth-order valence-corrected chi connectivity index (χ4v) is 7.50. The van der Waals surface area contributed by atoms with E-state index in [4.69, 9.17) is 0 Å². The zero-order chi connectivity index (χ0) is 35.4. The molecule has 0 radical (unpaired) electrons. The number of hydrogen-bond acceptors (Lipinski definition) is 4. The Morgan fingerprint density at radius 3 is 1.13 bits per heavy atom. The van der Waals surface area contributed by atoms with E-state index < -0.39 is 0 Å². The van der Waals surface area contributed by atoms with Gasteiger partial charge in [-0.3, -0.25) is 0 Å². The fourth-order valence-electron chi connectivity index (χ4n) is 7.50. The van der Waals surface area contributed by atoms with Gasteiger partial charge in [-0.25, -0.2) is 0 Å². The summed E-state index contributed by atoms with van der Waals surface area (Å²) < 4.78 is 0. The zero-order valence-electron chi connectivity index (χ0n) is 29.1. The minimum atomic E-state index is 0.00233. The van der Waals surface area contributed by atoms with E-state index in [1.807, 2.05) is 24.3 Å². The van der Waals surface area contributed by atoms with E-state index in [0.717, 1.165) is 51.1 Å². The molecule has 1 aliphatic rings. The van der Waals surface area contributed by atoms with Crippen LogP contribution in [0.3, 0.4) is 0 Å². The van der Waals surface area contributed by atoms with Gasteiger partial charge in [0.1, 0.15) is 0 Å². The molecule has 0 spiro atoms. The molecule has 0 amide bonds. The van der Waals surface area contributed by atoms with Crippen LogP contribution in [0.25, 0.3) is 22.3 Å². The number of para-hydroxylation sites is 4. The monoisotopic (exact) mass is 682 g/mol. The zero-order valence-corrected chi connectivity index (χ0v) is 29.1. The standard InChI is InChI=1S/C49H38N4/c1-5-16-36(17-6-1)50-40-28-34(29-41(32-40)51-37-18-7-2-8-19-37)44-26-15-27-47-45-24-13-14-25-46(45)48(49(44)47)35-30-42(52-38-20-9-3-10-21-38)33-43(31-35)53-39-22-11-4-12-23-39/h1-33,48,50-53H. The van der Waals surface area contributed by atoms with Crippen LogP contribution < -0.4 is 21.3 Å². The Labute approximate surface area is 310 Å². The van der Waals surface area contributed by atoms with Crippen LogP contribution in [0.1, 0.15) is 22.6 Å². The van der Waals surface area contributed by atoms with Crippen LogP contribution in [0.4, 0.5) is 45.5 Å². The molecular formula is C49H38N4. The average Bonchev–Trinajstić information content (AvgIpc) is 3.54. The highest BCUT2D eigenvalue weighted by molar-refractivity contribution is 5.90. The molecule has 1 aliphatic carbocycles. The Morgan fingerprint density at radius 1 is 0.283 bits per heavy atom. The lowest BCUT2D eigenvalue weighted by Gasteiger charge is -2.22. The van der Waals surface area contributed by atoms with Crippen molar-refractivity contribution in [2.24, 2.45) is 0 Å². The molecule has 8 aromatic carbocycles. The van der Waals surface area contributed by atoms with Crippen LogP contribution in [-0.4, -0.2) is 0 Å². The maximum atomic E-state index is 3.69. The summed E-state index contributed by atoms with van der Waals surface area (Å²) in [5.41, 5.74) is 17.0. The lowest BCUT2D eigenvalue weighted by atomic mass is 9.84. The second kappa shape index (κ2) is 14.3. The molecule has 0 aromatic heterocycles. The predicted octanol–water partition coefficient (Wildman–Crippen LogP) is 13.5. The fraction of sp³-hybridized carbons (Fsp3) is 0.0204. The second-order valence-corrected chi connectivity index (χ2v) is 13.4. The molecule has 0 saturated carbocycles. The van der Waals surface area contributed by atoms with Crippen LogP contribution in [-0.2, 0) is 0 Å². The molecule has 1 atom stereocenters. The van der Waals surface area contributed by atoms with Gasteiger partial charge in [0, 0.05) is 51.4 Å². The summed E-state index contributed by atoms with van der Waals surface area (Å²) in [5.74, 6) is 0.00233. The number of rotatable bonds is 10. The summed E-state index contributed by atoms with van der Waals surface area (Å²) in [4.78, 5) is 0. The second-order valence-electron chi connectivity index (χ2n) is 13.4. The third-order valence-electron chi connectivity index (χ3n) is 9.74. The van der Waals surface area contributed by atoms with Crippen molar-refractivity contribution in [3.8, 4) is 22.3 Å². The van der Waals surface area contributed by atoms with Crippen LogP contribution in [0, 0.1) is 0 Å². The molecule has 0 heterocycles. The molecule has 4 heteroatoms. The maximum absolute atomic E-state index is 3.69. The van der Waals surface area contributed by atoms with Crippen LogP contribution >= 0.6 is 0 Å². The van der Waals surface area contributed by atoms with Crippen molar-refractivity contribution in [1.29, 1.82) is 0 Å². The summed E-state index contributed by atoms with van der Waals surface area (Å²) in [6.45, 7) is 0. The molecule has 0 saturated heterocycles. The lowest BCUT2D eigenvalue weighted by molar-refractivity contribution is 1.02. The van der Waals surface area contributed by atoms with Gasteiger partial charge in [0.15, 0.2) is 0 Å². The highest BCUT2D eigenvalue weighted by Crippen LogP contribution is 2.52. The minimum Gasteiger partial charge on any atom is -0.355 e. The molecule has 9 rings (SSSR count). The Bertz CT molecular complexity index is 2380. The molecule has 8 aromatic rings. The quantitative estimate of drug-likeness (QED) is 0.116. The molecule has 254 valence electrons. The van der Waals surface area contributed by atoms with Crippen LogP contribution in [0.2, 0.25) is 0 Å². The van der Waals surface area contributed by atoms with Crippen molar-refractivity contribution in [2.45, 2.75) is 5.92 Å². The van der Waals surface area contributed by atoms with Gasteiger partial charge in [0.2, 0.25) is 0 Å². The van der Waals surface area contributed by atoms with E-state index >= 15 is 0 Å². The van der Waals surface area contributed by atoms with Gasteiger partial charge in [-0.1, -0.05) is 115 Å². The van der Waals surface area contributed by atoms with Gasteiger partial charge in [-0.05, 0) is 124 Å². The van der Waals surface area contributed by atoms with E-state index in [1.165, 1.54) is 33.4 Å². The first kappa shape index (κ1) is 31.9. The first-order valence-electron chi connectivity index (χ1n) is 18.0. The predicted molar refractivity (Wildman–Crippen MR) is 224 cm³/mol. The number of nitrogens with one attached hydrogen (secondary N) is 4. The van der Waals surface area contributed by atoms with Crippen LogP contribution in [0.5, 0.6) is 0 Å². The maximum Gasteiger partial charge on any atom is 0.0411 e. The summed E-state index contributed by atoms with van der Waals surface area (Å²) in [5, 5.41) is 14.7. The summed E-state index contributed by atoms with van der Waals surface area (Å²) in [6, 6.07) is 70.6. The largest absolute Gasteiger partial charge is 0.355 e. The number of hydrogen-bond donors (Lipinski definition) is 4. The topological polar surface area (TPSA) is 48.1 Å². The summed E-state index contributed by atoms with van der Waals surface area (Å²) in [6.07, 6.45) is 0. The normalized spacial score (nSPS) is 12.7. The van der Waals surface area contributed by atoms with E-state index in [1.54, 1.807) is 0 Å². The Morgan fingerprint density at radius 2 is 0.660 bits per heavy atom. The van der Waals surface area contributed by atoms with Crippen molar-refractivity contribution in [1.82, 2.24) is 0 Å². The highest BCUT2D eigenvalue weighted by Gasteiger charge is 2.33. The van der Waals surface area contributed by atoms with Crippen molar-refractivity contribution in [2.75, 3.05) is 21.3 Å². The smallest absolute Gasteiger partial charge is 0.0411 e. The first-order chi connectivity index (χ1) is 26.2. The lowest BCUT2D eigenvalue weighted by Crippen LogP contribution is -2.04. The first-order valence-corrected chi connectivity index (χ1v) is 18.0. The molecule has 0 aliphatic heterocycles. The molecule has 0 bridgehead atoms. The van der Waals surface area contributed by atoms with Crippen LogP contribution in [0.15, 0.2) is 200 Å².